The summed E-state index contributed by atoms with van der Waals surface area (Å²) in [6.45, 7) is 2.31. The fraction of sp³-hybridized carbons (Fsp3) is 0.211. The van der Waals surface area contributed by atoms with Crippen molar-refractivity contribution in [1.82, 2.24) is 19.9 Å². The largest absolute Gasteiger partial charge is 0.306 e. The van der Waals surface area contributed by atoms with Crippen molar-refractivity contribution in [2.75, 3.05) is 6.54 Å². The molecule has 0 amide bonds. The van der Waals surface area contributed by atoms with Crippen molar-refractivity contribution >= 4 is 15.9 Å². The van der Waals surface area contributed by atoms with E-state index in [1.807, 2.05) is 30.3 Å². The lowest BCUT2D eigenvalue weighted by molar-refractivity contribution is 0.241. The van der Waals surface area contributed by atoms with Gasteiger partial charge in [0.25, 0.3) is 5.56 Å². The molecule has 0 aliphatic carbocycles. The van der Waals surface area contributed by atoms with Crippen LogP contribution in [0.25, 0.3) is 11.4 Å². The van der Waals surface area contributed by atoms with Crippen molar-refractivity contribution < 1.29 is 0 Å². The Morgan fingerprint density at radius 1 is 1.20 bits per heavy atom. The highest BCUT2D eigenvalue weighted by Crippen LogP contribution is 2.22. The van der Waals surface area contributed by atoms with Crippen molar-refractivity contribution in [2.24, 2.45) is 0 Å². The number of H-pyrrole nitrogens is 1. The van der Waals surface area contributed by atoms with E-state index in [1.54, 1.807) is 12.4 Å². The molecule has 25 heavy (non-hydrogen) atoms. The SMILES string of the molecule is O=c1[nH]c(-c2cccnc2)nc2c1CN(Cc1ccccc1Br)CC2. The lowest BCUT2D eigenvalue weighted by Gasteiger charge is -2.28. The molecule has 0 radical (unpaired) electrons. The van der Waals surface area contributed by atoms with E-state index in [9.17, 15) is 4.79 Å². The number of aromatic nitrogens is 3. The zero-order valence-corrected chi connectivity index (χ0v) is 15.2. The molecule has 1 aliphatic heterocycles. The van der Waals surface area contributed by atoms with Gasteiger partial charge in [-0.1, -0.05) is 34.1 Å². The second-order valence-corrected chi connectivity index (χ2v) is 6.99. The Balaban J connectivity index is 1.60. The Morgan fingerprint density at radius 2 is 2.08 bits per heavy atom. The molecule has 4 rings (SSSR count). The summed E-state index contributed by atoms with van der Waals surface area (Å²) < 4.78 is 1.10. The lowest BCUT2D eigenvalue weighted by Crippen LogP contribution is -2.35. The molecule has 3 heterocycles. The van der Waals surface area contributed by atoms with Crippen LogP contribution in [-0.4, -0.2) is 26.4 Å². The molecule has 2 aromatic heterocycles. The van der Waals surface area contributed by atoms with Crippen LogP contribution in [0.2, 0.25) is 0 Å². The smallest absolute Gasteiger partial charge is 0.255 e. The van der Waals surface area contributed by atoms with Crippen molar-refractivity contribution in [2.45, 2.75) is 19.5 Å². The molecule has 0 unspecified atom stereocenters. The third kappa shape index (κ3) is 3.41. The summed E-state index contributed by atoms with van der Waals surface area (Å²) in [6.07, 6.45) is 4.20. The van der Waals surface area contributed by atoms with Gasteiger partial charge in [0, 0.05) is 48.5 Å². The number of hydrogen-bond donors (Lipinski definition) is 1. The number of rotatable bonds is 3. The molecule has 0 atom stereocenters. The Kier molecular flexibility index (Phi) is 4.46. The van der Waals surface area contributed by atoms with Crippen LogP contribution < -0.4 is 5.56 Å². The van der Waals surface area contributed by atoms with E-state index < -0.39 is 0 Å². The van der Waals surface area contributed by atoms with Crippen LogP contribution in [0.5, 0.6) is 0 Å². The van der Waals surface area contributed by atoms with E-state index in [2.05, 4.69) is 41.8 Å². The average Bonchev–Trinajstić information content (AvgIpc) is 2.65. The minimum atomic E-state index is -0.0549. The number of aromatic amines is 1. The predicted octanol–water partition coefficient (Wildman–Crippen LogP) is 3.15. The van der Waals surface area contributed by atoms with Gasteiger partial charge in [-0.05, 0) is 23.8 Å². The first kappa shape index (κ1) is 16.2. The third-order valence-electron chi connectivity index (χ3n) is 4.43. The highest BCUT2D eigenvalue weighted by Gasteiger charge is 2.22. The normalized spacial score (nSPS) is 14.3. The first-order chi connectivity index (χ1) is 12.2. The summed E-state index contributed by atoms with van der Waals surface area (Å²) in [4.78, 5) is 26.5. The third-order valence-corrected chi connectivity index (χ3v) is 5.21. The van der Waals surface area contributed by atoms with Gasteiger partial charge in [0.2, 0.25) is 0 Å². The molecule has 1 N–H and O–H groups in total. The van der Waals surface area contributed by atoms with E-state index in [0.29, 0.717) is 12.4 Å². The van der Waals surface area contributed by atoms with Crippen molar-refractivity contribution in [1.29, 1.82) is 0 Å². The van der Waals surface area contributed by atoms with Gasteiger partial charge in [0.05, 0.1) is 11.3 Å². The van der Waals surface area contributed by atoms with E-state index in [4.69, 9.17) is 0 Å². The summed E-state index contributed by atoms with van der Waals surface area (Å²) in [5.74, 6) is 0.594. The minimum Gasteiger partial charge on any atom is -0.306 e. The molecule has 3 aromatic rings. The zero-order chi connectivity index (χ0) is 17.2. The van der Waals surface area contributed by atoms with Gasteiger partial charge in [-0.3, -0.25) is 14.7 Å². The van der Waals surface area contributed by atoms with Gasteiger partial charge in [-0.25, -0.2) is 4.98 Å². The van der Waals surface area contributed by atoms with Crippen LogP contribution in [0.15, 0.2) is 58.1 Å². The van der Waals surface area contributed by atoms with E-state index in [-0.39, 0.29) is 5.56 Å². The van der Waals surface area contributed by atoms with Gasteiger partial charge in [0.1, 0.15) is 5.82 Å². The molecule has 1 aliphatic rings. The summed E-state index contributed by atoms with van der Waals surface area (Å²) in [5.41, 5.74) is 3.66. The average molecular weight is 397 g/mol. The number of pyridine rings is 1. The van der Waals surface area contributed by atoms with Crippen LogP contribution in [-0.2, 0) is 19.5 Å². The maximum absolute atomic E-state index is 12.6. The molecule has 0 spiro atoms. The molecular weight excluding hydrogens is 380 g/mol. The molecule has 0 fully saturated rings. The Morgan fingerprint density at radius 3 is 2.88 bits per heavy atom. The van der Waals surface area contributed by atoms with Crippen LogP contribution in [0.1, 0.15) is 16.8 Å². The first-order valence-corrected chi connectivity index (χ1v) is 8.98. The van der Waals surface area contributed by atoms with E-state index in [1.165, 1.54) is 5.56 Å². The fourth-order valence-corrected chi connectivity index (χ4v) is 3.53. The fourth-order valence-electron chi connectivity index (χ4n) is 3.12. The van der Waals surface area contributed by atoms with Gasteiger partial charge in [-0.2, -0.15) is 0 Å². The number of fused-ring (bicyclic) bond motifs is 1. The molecule has 0 saturated heterocycles. The minimum absolute atomic E-state index is 0.0549. The Hall–Kier alpha value is -2.31. The topological polar surface area (TPSA) is 61.9 Å². The summed E-state index contributed by atoms with van der Waals surface area (Å²) >= 11 is 3.59. The van der Waals surface area contributed by atoms with Gasteiger partial charge >= 0.3 is 0 Å². The quantitative estimate of drug-likeness (QED) is 0.738. The van der Waals surface area contributed by atoms with E-state index in [0.717, 1.165) is 40.8 Å². The number of halogens is 1. The number of benzene rings is 1. The van der Waals surface area contributed by atoms with Gasteiger partial charge in [-0.15, -0.1) is 0 Å². The molecule has 5 nitrogen and oxygen atoms in total. The van der Waals surface area contributed by atoms with Crippen molar-refractivity contribution in [3.8, 4) is 11.4 Å². The first-order valence-electron chi connectivity index (χ1n) is 8.19. The second kappa shape index (κ2) is 6.90. The molecule has 0 saturated carbocycles. The van der Waals surface area contributed by atoms with Crippen LogP contribution in [0, 0.1) is 0 Å². The van der Waals surface area contributed by atoms with Gasteiger partial charge < -0.3 is 4.98 Å². The standard InChI is InChI=1S/C19H17BrN4O/c20-16-6-2-1-4-14(16)11-24-9-7-17-15(12-24)19(25)23-18(22-17)13-5-3-8-21-10-13/h1-6,8,10H,7,9,11-12H2,(H,22,23,25). The predicted molar refractivity (Wildman–Crippen MR) is 100 cm³/mol. The molecule has 0 bridgehead atoms. The number of nitrogens with one attached hydrogen (secondary N) is 1. The summed E-state index contributed by atoms with van der Waals surface area (Å²) in [6, 6.07) is 11.9. The lowest BCUT2D eigenvalue weighted by atomic mass is 10.1. The molecule has 126 valence electrons. The number of nitrogens with zero attached hydrogens (tertiary/aromatic N) is 3. The highest BCUT2D eigenvalue weighted by molar-refractivity contribution is 9.10. The van der Waals surface area contributed by atoms with Crippen molar-refractivity contribution in [3.63, 3.8) is 0 Å². The second-order valence-electron chi connectivity index (χ2n) is 6.13. The maximum atomic E-state index is 12.6. The monoisotopic (exact) mass is 396 g/mol. The summed E-state index contributed by atoms with van der Waals surface area (Å²) in [7, 11) is 0. The maximum Gasteiger partial charge on any atom is 0.255 e. The van der Waals surface area contributed by atoms with E-state index >= 15 is 0 Å². The van der Waals surface area contributed by atoms with Gasteiger partial charge in [0.15, 0.2) is 0 Å². The number of hydrogen-bond acceptors (Lipinski definition) is 4. The highest BCUT2D eigenvalue weighted by atomic mass is 79.9. The molecular formula is C19H17BrN4O. The Labute approximate surface area is 153 Å². The van der Waals surface area contributed by atoms with Crippen LogP contribution >= 0.6 is 15.9 Å². The van der Waals surface area contributed by atoms with Crippen LogP contribution in [0.3, 0.4) is 0 Å². The molecule has 1 aromatic carbocycles. The zero-order valence-electron chi connectivity index (χ0n) is 13.6. The Bertz CT molecular complexity index is 955. The van der Waals surface area contributed by atoms with Crippen LogP contribution in [0.4, 0.5) is 0 Å². The molecule has 6 heteroatoms. The summed E-state index contributed by atoms with van der Waals surface area (Å²) in [5, 5.41) is 0. The van der Waals surface area contributed by atoms with Crippen molar-refractivity contribution in [3.05, 3.63) is 80.4 Å².